The zero-order valence-corrected chi connectivity index (χ0v) is 28.2. The number of aliphatic hydroxyl groups is 12. The van der Waals surface area contributed by atoms with Crippen molar-refractivity contribution in [3.63, 3.8) is 0 Å². The number of phenolic OH excluding ortho intramolecular Hbond substituents is 2. The maximum absolute atomic E-state index is 14.0. The molecule has 0 spiro atoms. The van der Waals surface area contributed by atoms with Gasteiger partial charge in [0.05, 0.1) is 19.8 Å². The topological polar surface area (TPSA) is 369 Å². The second-order valence-corrected chi connectivity index (χ2v) is 13.0. The van der Waals surface area contributed by atoms with E-state index in [1.54, 1.807) is 0 Å². The van der Waals surface area contributed by atoms with Crippen LogP contribution in [0.15, 0.2) is 39.5 Å². The average molecular weight is 789 g/mol. The van der Waals surface area contributed by atoms with E-state index in [1.165, 1.54) is 6.07 Å². The largest absolute Gasteiger partial charge is 0.508 e. The maximum Gasteiger partial charge on any atom is 0.239 e. The van der Waals surface area contributed by atoms with Gasteiger partial charge < -0.3 is 104 Å². The Morgan fingerprint density at radius 3 is 1.47 bits per heavy atom. The fourth-order valence-electron chi connectivity index (χ4n) is 6.26. The number of aromatic hydroxyl groups is 2. The highest BCUT2D eigenvalue weighted by atomic mass is 16.7. The van der Waals surface area contributed by atoms with Crippen LogP contribution in [0, 0.1) is 0 Å². The van der Waals surface area contributed by atoms with Crippen LogP contribution in [0.4, 0.5) is 0 Å². The number of aliphatic hydroxyl groups excluding tert-OH is 12. The van der Waals surface area contributed by atoms with Gasteiger partial charge in [0.1, 0.15) is 95.7 Å². The third-order valence-electron chi connectivity index (χ3n) is 9.39. The third-order valence-corrected chi connectivity index (χ3v) is 9.39. The molecule has 22 heteroatoms. The Kier molecular flexibility index (Phi) is 12.0. The van der Waals surface area contributed by atoms with E-state index in [-0.39, 0.29) is 5.56 Å². The van der Waals surface area contributed by atoms with Crippen LogP contribution in [0.1, 0.15) is 0 Å². The molecule has 0 aliphatic carbocycles. The van der Waals surface area contributed by atoms with Gasteiger partial charge in [-0.25, -0.2) is 0 Å². The number of benzene rings is 2. The lowest BCUT2D eigenvalue weighted by molar-refractivity contribution is -0.282. The SMILES string of the molecule is O=c1c(OC2OC(CO)C(O)C(O)C2O)c(-c2ccc(OC3OC(CO)C(O)C(O)C3O)c(OC3OC(CO)C(O)C(O)C3O)c2)oc2cc(O)cc(O)c12. The lowest BCUT2D eigenvalue weighted by atomic mass is 9.99. The van der Waals surface area contributed by atoms with Gasteiger partial charge in [-0.15, -0.1) is 0 Å². The Hall–Kier alpha value is -3.95. The van der Waals surface area contributed by atoms with Gasteiger partial charge in [-0.05, 0) is 18.2 Å². The minimum atomic E-state index is -2.03. The molecule has 55 heavy (non-hydrogen) atoms. The van der Waals surface area contributed by atoms with Crippen LogP contribution < -0.4 is 19.6 Å². The summed E-state index contributed by atoms with van der Waals surface area (Å²) in [6, 6.07) is 5.08. The minimum absolute atomic E-state index is 0.206. The zero-order chi connectivity index (χ0) is 40.0. The van der Waals surface area contributed by atoms with Gasteiger partial charge in [0.2, 0.25) is 30.0 Å². The van der Waals surface area contributed by atoms with E-state index < -0.39 is 163 Å². The Morgan fingerprint density at radius 1 is 0.545 bits per heavy atom. The molecule has 4 heterocycles. The first-order valence-corrected chi connectivity index (χ1v) is 16.7. The lowest BCUT2D eigenvalue weighted by Gasteiger charge is -2.41. The Labute approximate surface area is 307 Å². The highest BCUT2D eigenvalue weighted by Crippen LogP contribution is 2.42. The summed E-state index contributed by atoms with van der Waals surface area (Å²) in [6.07, 6.45) is -27.1. The number of hydrogen-bond acceptors (Lipinski definition) is 22. The van der Waals surface area contributed by atoms with Crippen molar-refractivity contribution in [2.75, 3.05) is 19.8 Å². The Balaban J connectivity index is 1.48. The van der Waals surface area contributed by atoms with Crippen LogP contribution in [0.5, 0.6) is 28.7 Å². The van der Waals surface area contributed by atoms with E-state index in [2.05, 4.69) is 0 Å². The van der Waals surface area contributed by atoms with E-state index in [1.807, 2.05) is 0 Å². The summed E-state index contributed by atoms with van der Waals surface area (Å²) >= 11 is 0. The van der Waals surface area contributed by atoms with Crippen LogP contribution >= 0.6 is 0 Å². The van der Waals surface area contributed by atoms with E-state index in [0.717, 1.165) is 24.3 Å². The van der Waals surface area contributed by atoms with Crippen LogP contribution in [0.3, 0.4) is 0 Å². The van der Waals surface area contributed by atoms with Crippen LogP contribution in [-0.2, 0) is 14.2 Å². The summed E-state index contributed by atoms with van der Waals surface area (Å²) in [5.41, 5.74) is -1.76. The van der Waals surface area contributed by atoms with Crippen molar-refractivity contribution in [2.45, 2.75) is 92.1 Å². The van der Waals surface area contributed by atoms with Gasteiger partial charge in [0.15, 0.2) is 17.3 Å². The molecule has 304 valence electrons. The first kappa shape index (κ1) is 40.7. The average Bonchev–Trinajstić information content (AvgIpc) is 3.16. The molecule has 3 aromatic rings. The van der Waals surface area contributed by atoms with Crippen molar-refractivity contribution >= 4 is 11.0 Å². The van der Waals surface area contributed by atoms with Crippen molar-refractivity contribution in [2.24, 2.45) is 0 Å². The van der Waals surface area contributed by atoms with E-state index in [0.29, 0.717) is 0 Å². The first-order valence-electron chi connectivity index (χ1n) is 16.7. The molecular weight excluding hydrogens is 748 g/mol. The van der Waals surface area contributed by atoms with Crippen LogP contribution in [-0.4, -0.2) is 183 Å². The predicted molar refractivity (Wildman–Crippen MR) is 174 cm³/mol. The summed E-state index contributed by atoms with van der Waals surface area (Å²) in [4.78, 5) is 14.0. The number of rotatable bonds is 10. The molecule has 2 aromatic carbocycles. The minimum Gasteiger partial charge on any atom is -0.508 e. The monoisotopic (exact) mass is 788 g/mol. The molecule has 6 rings (SSSR count). The molecule has 14 N–H and O–H groups in total. The van der Waals surface area contributed by atoms with Crippen molar-refractivity contribution in [1.29, 1.82) is 0 Å². The van der Waals surface area contributed by atoms with E-state index >= 15 is 0 Å². The third kappa shape index (κ3) is 7.63. The standard InChI is InChI=1S/C33H40O22/c34-6-15-19(39)23(43)26(46)31(52-15)50-12-2-1-9(3-13(12)51-32-27(47)24(44)20(40)16(7-35)53-32)29-30(22(42)18-11(38)4-10(37)5-14(18)49-29)55-33-28(48)25(45)21(41)17(8-36)54-33/h1-5,15-17,19-21,23-28,31-41,43-48H,6-8H2. The van der Waals surface area contributed by atoms with Gasteiger partial charge in [-0.3, -0.25) is 4.79 Å². The Morgan fingerprint density at radius 2 is 1.00 bits per heavy atom. The number of fused-ring (bicyclic) bond motifs is 1. The number of ether oxygens (including phenoxy) is 6. The van der Waals surface area contributed by atoms with Gasteiger partial charge in [-0.2, -0.15) is 0 Å². The van der Waals surface area contributed by atoms with E-state index in [4.69, 9.17) is 32.8 Å². The summed E-state index contributed by atoms with van der Waals surface area (Å²) in [6.45, 7) is -2.53. The number of phenols is 2. The van der Waals surface area contributed by atoms with Crippen molar-refractivity contribution in [3.05, 3.63) is 40.6 Å². The molecule has 22 nitrogen and oxygen atoms in total. The highest BCUT2D eigenvalue weighted by Gasteiger charge is 2.48. The molecule has 0 amide bonds. The van der Waals surface area contributed by atoms with Gasteiger partial charge >= 0.3 is 0 Å². The molecule has 3 aliphatic rings. The molecule has 1 aromatic heterocycles. The number of hydrogen-bond donors (Lipinski definition) is 14. The molecule has 3 fully saturated rings. The zero-order valence-electron chi connectivity index (χ0n) is 28.2. The molecule has 15 atom stereocenters. The molecular formula is C33H40O22. The van der Waals surface area contributed by atoms with Crippen molar-refractivity contribution < 1.29 is 104 Å². The summed E-state index contributed by atoms with van der Waals surface area (Å²) in [5.74, 6) is -3.60. The highest BCUT2D eigenvalue weighted by molar-refractivity contribution is 5.88. The second kappa shape index (κ2) is 16.3. The molecule has 3 aliphatic heterocycles. The fraction of sp³-hybridized carbons (Fsp3) is 0.545. The van der Waals surface area contributed by atoms with E-state index in [9.17, 15) is 76.3 Å². The molecule has 0 radical (unpaired) electrons. The van der Waals surface area contributed by atoms with Crippen molar-refractivity contribution in [3.8, 4) is 40.1 Å². The summed E-state index contributed by atoms with van der Waals surface area (Å²) < 4.78 is 39.5. The van der Waals surface area contributed by atoms with Crippen LogP contribution in [0.25, 0.3) is 22.3 Å². The Bertz CT molecular complexity index is 1870. The molecule has 3 saturated heterocycles. The normalized spacial score (nSPS) is 36.8. The first-order chi connectivity index (χ1) is 26.1. The van der Waals surface area contributed by atoms with Crippen molar-refractivity contribution in [1.82, 2.24) is 0 Å². The van der Waals surface area contributed by atoms with Gasteiger partial charge in [0, 0.05) is 17.7 Å². The second-order valence-electron chi connectivity index (χ2n) is 13.0. The quantitative estimate of drug-likeness (QED) is 0.0910. The van der Waals surface area contributed by atoms with Crippen LogP contribution in [0.2, 0.25) is 0 Å². The van der Waals surface area contributed by atoms with Gasteiger partial charge in [-0.1, -0.05) is 0 Å². The smallest absolute Gasteiger partial charge is 0.239 e. The lowest BCUT2D eigenvalue weighted by Crippen LogP contribution is -2.60. The maximum atomic E-state index is 14.0. The van der Waals surface area contributed by atoms with Gasteiger partial charge in [0.25, 0.3) is 0 Å². The fourth-order valence-corrected chi connectivity index (χ4v) is 6.26. The molecule has 0 saturated carbocycles. The predicted octanol–water partition coefficient (Wildman–Crippen LogP) is -5.59. The summed E-state index contributed by atoms with van der Waals surface area (Å²) in [7, 11) is 0. The molecule has 0 bridgehead atoms. The summed E-state index contributed by atoms with van der Waals surface area (Å²) in [5, 5.41) is 143. The molecule has 15 unspecified atom stereocenters.